The van der Waals surface area contributed by atoms with E-state index < -0.39 is 0 Å². The molecule has 1 aromatic carbocycles. The Labute approximate surface area is 125 Å². The van der Waals surface area contributed by atoms with E-state index >= 15 is 0 Å². The van der Waals surface area contributed by atoms with Crippen LogP contribution in [0.25, 0.3) is 0 Å². The number of benzene rings is 1. The van der Waals surface area contributed by atoms with E-state index in [-0.39, 0.29) is 0 Å². The summed E-state index contributed by atoms with van der Waals surface area (Å²) in [6.07, 6.45) is 2.57. The first kappa shape index (κ1) is 14.1. The number of rotatable bonds is 5. The second-order valence-corrected chi connectivity index (χ2v) is 5.29. The fourth-order valence-corrected chi connectivity index (χ4v) is 2.03. The van der Waals surface area contributed by atoms with Gasteiger partial charge in [-0.1, -0.05) is 34.5 Å². The van der Waals surface area contributed by atoms with Gasteiger partial charge in [-0.3, -0.25) is 0 Å². The second-order valence-electron chi connectivity index (χ2n) is 3.96. The largest absolute Gasteiger partial charge is 0.370 e. The summed E-state index contributed by atoms with van der Waals surface area (Å²) in [7, 11) is 0. The lowest BCUT2D eigenvalue weighted by molar-refractivity contribution is 0.965. The second kappa shape index (κ2) is 6.73. The van der Waals surface area contributed by atoms with Crippen LogP contribution in [0.2, 0.25) is 5.02 Å². The van der Waals surface area contributed by atoms with Gasteiger partial charge in [0.15, 0.2) is 0 Å². The third kappa shape index (κ3) is 4.08. The zero-order valence-electron chi connectivity index (χ0n) is 10.5. The predicted octanol–water partition coefficient (Wildman–Crippen LogP) is 4.46. The van der Waals surface area contributed by atoms with Gasteiger partial charge in [0.05, 0.1) is 10.7 Å². The number of nitrogens with one attached hydrogen (secondary N) is 2. The summed E-state index contributed by atoms with van der Waals surface area (Å²) >= 11 is 9.54. The van der Waals surface area contributed by atoms with Crippen molar-refractivity contribution in [2.24, 2.45) is 0 Å². The van der Waals surface area contributed by atoms with Crippen molar-refractivity contribution in [1.82, 2.24) is 9.97 Å². The Morgan fingerprint density at radius 3 is 2.79 bits per heavy atom. The van der Waals surface area contributed by atoms with E-state index in [2.05, 4.69) is 43.5 Å². The molecule has 0 saturated carbocycles. The molecule has 4 nitrogen and oxygen atoms in total. The highest BCUT2D eigenvalue weighted by molar-refractivity contribution is 9.10. The minimum atomic E-state index is 0.643. The van der Waals surface area contributed by atoms with Crippen LogP contribution in [0.1, 0.15) is 13.3 Å². The molecule has 19 heavy (non-hydrogen) atoms. The van der Waals surface area contributed by atoms with Gasteiger partial charge in [0.1, 0.15) is 18.0 Å². The maximum Gasteiger partial charge on any atom is 0.135 e. The van der Waals surface area contributed by atoms with Crippen LogP contribution in [0.3, 0.4) is 0 Å². The van der Waals surface area contributed by atoms with Crippen LogP contribution in [0, 0.1) is 0 Å². The van der Waals surface area contributed by atoms with Crippen molar-refractivity contribution in [2.45, 2.75) is 13.3 Å². The molecular formula is C13H14BrClN4. The molecule has 0 spiro atoms. The first-order valence-corrected chi connectivity index (χ1v) is 7.14. The molecule has 0 aliphatic carbocycles. The molecule has 6 heteroatoms. The molecule has 1 heterocycles. The van der Waals surface area contributed by atoms with Crippen LogP contribution in [0.5, 0.6) is 0 Å². The van der Waals surface area contributed by atoms with E-state index in [1.807, 2.05) is 24.3 Å². The van der Waals surface area contributed by atoms with Crippen LogP contribution in [-0.4, -0.2) is 16.5 Å². The summed E-state index contributed by atoms with van der Waals surface area (Å²) in [5, 5.41) is 7.03. The fourth-order valence-electron chi connectivity index (χ4n) is 1.51. The predicted molar refractivity (Wildman–Crippen MR) is 83.2 cm³/mol. The highest BCUT2D eigenvalue weighted by atomic mass is 79.9. The standard InChI is InChI=1S/C13H14BrClN4/c1-2-5-16-12-7-13(18-8-17-12)19-11-6-9(14)3-4-10(11)15/h3-4,6-8H,2,5H2,1H3,(H2,16,17,18,19). The van der Waals surface area contributed by atoms with E-state index in [9.17, 15) is 0 Å². The molecule has 0 fully saturated rings. The van der Waals surface area contributed by atoms with E-state index in [4.69, 9.17) is 11.6 Å². The van der Waals surface area contributed by atoms with Crippen molar-refractivity contribution in [1.29, 1.82) is 0 Å². The maximum absolute atomic E-state index is 6.13. The third-order valence-electron chi connectivity index (χ3n) is 2.41. The Bertz CT molecular complexity index is 562. The SMILES string of the molecule is CCCNc1cc(Nc2cc(Br)ccc2Cl)ncn1. The Morgan fingerprint density at radius 2 is 2.00 bits per heavy atom. The van der Waals surface area contributed by atoms with Gasteiger partial charge in [0, 0.05) is 17.1 Å². The molecule has 0 saturated heterocycles. The van der Waals surface area contributed by atoms with Gasteiger partial charge in [-0.15, -0.1) is 0 Å². The Balaban J connectivity index is 2.16. The lowest BCUT2D eigenvalue weighted by atomic mass is 10.3. The molecule has 1 aromatic heterocycles. The van der Waals surface area contributed by atoms with Crippen molar-refractivity contribution >= 4 is 44.9 Å². The molecule has 0 aliphatic rings. The number of hydrogen-bond donors (Lipinski definition) is 2. The molecule has 0 radical (unpaired) electrons. The first-order valence-electron chi connectivity index (χ1n) is 5.97. The van der Waals surface area contributed by atoms with E-state index in [0.717, 1.165) is 28.9 Å². The average molecular weight is 342 g/mol. The number of nitrogens with zero attached hydrogens (tertiary/aromatic N) is 2. The molecule has 0 bridgehead atoms. The quantitative estimate of drug-likeness (QED) is 0.843. The van der Waals surface area contributed by atoms with Crippen LogP contribution < -0.4 is 10.6 Å². The van der Waals surface area contributed by atoms with Gasteiger partial charge in [-0.25, -0.2) is 9.97 Å². The lowest BCUT2D eigenvalue weighted by Crippen LogP contribution is -2.03. The van der Waals surface area contributed by atoms with Crippen molar-refractivity contribution in [3.63, 3.8) is 0 Å². The summed E-state index contributed by atoms with van der Waals surface area (Å²) in [6, 6.07) is 7.48. The van der Waals surface area contributed by atoms with E-state index in [0.29, 0.717) is 10.8 Å². The van der Waals surface area contributed by atoms with Crippen molar-refractivity contribution in [2.75, 3.05) is 17.2 Å². The molecule has 2 aromatic rings. The average Bonchev–Trinajstić information content (AvgIpc) is 2.41. The molecule has 0 unspecified atom stereocenters. The highest BCUT2D eigenvalue weighted by Gasteiger charge is 2.03. The van der Waals surface area contributed by atoms with Gasteiger partial charge < -0.3 is 10.6 Å². The van der Waals surface area contributed by atoms with Crippen LogP contribution in [0.4, 0.5) is 17.3 Å². The van der Waals surface area contributed by atoms with Gasteiger partial charge in [0.25, 0.3) is 0 Å². The number of halogens is 2. The molecule has 2 rings (SSSR count). The van der Waals surface area contributed by atoms with Crippen LogP contribution in [-0.2, 0) is 0 Å². The molecule has 2 N–H and O–H groups in total. The van der Waals surface area contributed by atoms with Gasteiger partial charge in [-0.2, -0.15) is 0 Å². The maximum atomic E-state index is 6.13. The lowest BCUT2D eigenvalue weighted by Gasteiger charge is -2.09. The van der Waals surface area contributed by atoms with Crippen molar-refractivity contribution in [3.05, 3.63) is 40.1 Å². The molecule has 0 atom stereocenters. The summed E-state index contributed by atoms with van der Waals surface area (Å²) < 4.78 is 0.956. The van der Waals surface area contributed by atoms with Gasteiger partial charge in [-0.05, 0) is 24.6 Å². The Morgan fingerprint density at radius 1 is 1.21 bits per heavy atom. The summed E-state index contributed by atoms with van der Waals surface area (Å²) in [5.41, 5.74) is 0.802. The zero-order chi connectivity index (χ0) is 13.7. The highest BCUT2D eigenvalue weighted by Crippen LogP contribution is 2.28. The van der Waals surface area contributed by atoms with Crippen LogP contribution in [0.15, 0.2) is 35.1 Å². The minimum Gasteiger partial charge on any atom is -0.370 e. The number of aromatic nitrogens is 2. The summed E-state index contributed by atoms with van der Waals surface area (Å²) in [6.45, 7) is 2.99. The minimum absolute atomic E-state index is 0.643. The topological polar surface area (TPSA) is 49.8 Å². The smallest absolute Gasteiger partial charge is 0.135 e. The Kier molecular flexibility index (Phi) is 4.99. The normalized spacial score (nSPS) is 10.3. The molecule has 100 valence electrons. The number of hydrogen-bond acceptors (Lipinski definition) is 4. The third-order valence-corrected chi connectivity index (χ3v) is 3.24. The number of anilines is 3. The van der Waals surface area contributed by atoms with Gasteiger partial charge >= 0.3 is 0 Å². The van der Waals surface area contributed by atoms with Crippen molar-refractivity contribution < 1.29 is 0 Å². The molecular weight excluding hydrogens is 328 g/mol. The monoisotopic (exact) mass is 340 g/mol. The summed E-state index contributed by atoms with van der Waals surface area (Å²) in [4.78, 5) is 8.33. The van der Waals surface area contributed by atoms with Crippen molar-refractivity contribution in [3.8, 4) is 0 Å². The molecule has 0 amide bonds. The first-order chi connectivity index (χ1) is 9.19. The van der Waals surface area contributed by atoms with E-state index in [1.54, 1.807) is 0 Å². The fraction of sp³-hybridized carbons (Fsp3) is 0.231. The Hall–Kier alpha value is -1.33. The van der Waals surface area contributed by atoms with Gasteiger partial charge in [0.2, 0.25) is 0 Å². The van der Waals surface area contributed by atoms with E-state index in [1.165, 1.54) is 6.33 Å². The molecule has 0 aliphatic heterocycles. The van der Waals surface area contributed by atoms with Crippen LogP contribution >= 0.6 is 27.5 Å². The zero-order valence-corrected chi connectivity index (χ0v) is 12.8. The summed E-state index contributed by atoms with van der Waals surface area (Å²) in [5.74, 6) is 1.50.